The van der Waals surface area contributed by atoms with E-state index < -0.39 is 0 Å². The van der Waals surface area contributed by atoms with Crippen LogP contribution in [0.25, 0.3) is 0 Å². The maximum Gasteiger partial charge on any atom is 0.252 e. The van der Waals surface area contributed by atoms with Crippen LogP contribution in [0.2, 0.25) is 5.02 Å². The highest BCUT2D eigenvalue weighted by atomic mass is 35.5. The Labute approximate surface area is 267 Å². The molecule has 0 bridgehead atoms. The lowest BCUT2D eigenvalue weighted by atomic mass is 9.90. The van der Waals surface area contributed by atoms with Crippen LogP contribution in [0.5, 0.6) is 5.88 Å². The van der Waals surface area contributed by atoms with Gasteiger partial charge < -0.3 is 15.0 Å². The molecule has 230 valence electrons. The highest BCUT2D eigenvalue weighted by Gasteiger charge is 2.25. The van der Waals surface area contributed by atoms with Crippen molar-refractivity contribution in [3.8, 4) is 5.88 Å². The number of pyridine rings is 1. The number of ether oxygens (including phenoxy) is 1. The third-order valence-electron chi connectivity index (χ3n) is 8.36. The fourth-order valence-electron chi connectivity index (χ4n) is 5.83. The lowest BCUT2D eigenvalue weighted by Gasteiger charge is -2.34. The van der Waals surface area contributed by atoms with Crippen LogP contribution in [0, 0.1) is 0 Å². The summed E-state index contributed by atoms with van der Waals surface area (Å²) in [4.78, 5) is 22.1. The first-order chi connectivity index (χ1) is 21.6. The highest BCUT2D eigenvalue weighted by molar-refractivity contribution is 6.32. The molecule has 1 aliphatic heterocycles. The minimum Gasteiger partial charge on any atom is -0.473 e. The van der Waals surface area contributed by atoms with Crippen molar-refractivity contribution in [2.75, 3.05) is 39.3 Å². The molecule has 1 fully saturated rings. The van der Waals surface area contributed by atoms with Crippen molar-refractivity contribution in [1.29, 1.82) is 0 Å². The van der Waals surface area contributed by atoms with Crippen molar-refractivity contribution in [3.63, 3.8) is 0 Å². The maximum absolute atomic E-state index is 12.8. The van der Waals surface area contributed by atoms with Gasteiger partial charge in [-0.15, -0.1) is 0 Å². The van der Waals surface area contributed by atoms with E-state index in [0.717, 1.165) is 58.5 Å². The van der Waals surface area contributed by atoms with Crippen molar-refractivity contribution in [1.82, 2.24) is 20.1 Å². The number of nitrogens with one attached hydrogen (secondary N) is 1. The summed E-state index contributed by atoms with van der Waals surface area (Å²) < 4.78 is 6.22. The topological polar surface area (TPSA) is 57.7 Å². The number of aromatic nitrogens is 1. The second-order valence-corrected chi connectivity index (χ2v) is 11.9. The molecule has 1 amide bonds. The number of nitrogens with zero attached hydrogens (tertiary/aromatic N) is 3. The van der Waals surface area contributed by atoms with E-state index in [1.54, 1.807) is 12.3 Å². The summed E-state index contributed by atoms with van der Waals surface area (Å²) in [6.45, 7) is 8.39. The molecular formula is C37H43ClN4O2. The van der Waals surface area contributed by atoms with Crippen LogP contribution < -0.4 is 10.1 Å². The van der Waals surface area contributed by atoms with Crippen LogP contribution in [-0.2, 0) is 6.54 Å². The van der Waals surface area contributed by atoms with E-state index in [2.05, 4.69) is 112 Å². The van der Waals surface area contributed by atoms with E-state index >= 15 is 0 Å². The lowest BCUT2D eigenvalue weighted by Crippen LogP contribution is -2.40. The number of benzene rings is 3. The van der Waals surface area contributed by atoms with Gasteiger partial charge in [-0.1, -0.05) is 110 Å². The first kappa shape index (κ1) is 31.7. The van der Waals surface area contributed by atoms with Crippen molar-refractivity contribution >= 4 is 17.5 Å². The Hall–Kier alpha value is -3.71. The number of hydrogen-bond donors (Lipinski definition) is 1. The minimum atomic E-state index is -0.170. The van der Waals surface area contributed by atoms with Crippen LogP contribution in [0.1, 0.15) is 59.2 Å². The van der Waals surface area contributed by atoms with E-state index in [1.807, 2.05) is 6.07 Å². The van der Waals surface area contributed by atoms with Gasteiger partial charge in [0.25, 0.3) is 5.91 Å². The lowest BCUT2D eigenvalue weighted by molar-refractivity contribution is 0.0941. The van der Waals surface area contributed by atoms with Gasteiger partial charge in [0.15, 0.2) is 0 Å². The van der Waals surface area contributed by atoms with Gasteiger partial charge in [-0.05, 0) is 48.6 Å². The number of carbonyl (C=O) groups excluding carboxylic acids is 1. The Morgan fingerprint density at radius 3 is 2.18 bits per heavy atom. The van der Waals surface area contributed by atoms with Crippen LogP contribution in [0.4, 0.5) is 0 Å². The Bertz CT molecular complexity index is 1390. The average molecular weight is 611 g/mol. The van der Waals surface area contributed by atoms with E-state index in [4.69, 9.17) is 16.3 Å². The monoisotopic (exact) mass is 610 g/mol. The molecule has 6 nitrogen and oxygen atoms in total. The smallest absolute Gasteiger partial charge is 0.252 e. The largest absolute Gasteiger partial charge is 0.473 e. The van der Waals surface area contributed by atoms with Gasteiger partial charge in [0.05, 0.1) is 5.56 Å². The third-order valence-corrected chi connectivity index (χ3v) is 8.63. The number of piperidine rings is 1. The fourth-order valence-corrected chi connectivity index (χ4v) is 6.04. The van der Waals surface area contributed by atoms with E-state index in [1.165, 1.54) is 16.7 Å². The Kier molecular flexibility index (Phi) is 11.8. The summed E-state index contributed by atoms with van der Waals surface area (Å²) in [5.74, 6) is 0.550. The van der Waals surface area contributed by atoms with Crippen molar-refractivity contribution < 1.29 is 9.53 Å². The molecule has 0 spiro atoms. The molecule has 3 aromatic carbocycles. The van der Waals surface area contributed by atoms with Gasteiger partial charge in [-0.25, -0.2) is 4.98 Å². The molecule has 7 heteroatoms. The second kappa shape index (κ2) is 16.4. The molecular weight excluding hydrogens is 568 g/mol. The molecule has 0 atom stereocenters. The summed E-state index contributed by atoms with van der Waals surface area (Å²) in [7, 11) is 0. The summed E-state index contributed by atoms with van der Waals surface area (Å²) >= 11 is 6.54. The second-order valence-electron chi connectivity index (χ2n) is 11.5. The number of rotatable bonds is 14. The van der Waals surface area contributed by atoms with Gasteiger partial charge in [-0.2, -0.15) is 0 Å². The zero-order valence-electron chi connectivity index (χ0n) is 25.6. The van der Waals surface area contributed by atoms with Gasteiger partial charge in [0, 0.05) is 51.4 Å². The summed E-state index contributed by atoms with van der Waals surface area (Å²) in [6.07, 6.45) is 4.26. The average Bonchev–Trinajstić information content (AvgIpc) is 3.07. The minimum absolute atomic E-state index is 0.0419. The molecule has 5 rings (SSSR count). The number of amides is 1. The van der Waals surface area contributed by atoms with E-state index in [-0.39, 0.29) is 12.0 Å². The Morgan fingerprint density at radius 1 is 0.977 bits per heavy atom. The highest BCUT2D eigenvalue weighted by Crippen LogP contribution is 2.29. The van der Waals surface area contributed by atoms with Crippen molar-refractivity contribution in [3.05, 3.63) is 131 Å². The molecule has 2 heterocycles. The van der Waals surface area contributed by atoms with Gasteiger partial charge in [0.2, 0.25) is 5.88 Å². The maximum atomic E-state index is 12.8. The summed E-state index contributed by atoms with van der Waals surface area (Å²) in [6, 6.07) is 33.6. The number of likely N-dealkylation sites (tertiary alicyclic amines) is 1. The van der Waals surface area contributed by atoms with Crippen LogP contribution in [0.15, 0.2) is 103 Å². The van der Waals surface area contributed by atoms with E-state index in [0.29, 0.717) is 28.9 Å². The van der Waals surface area contributed by atoms with Gasteiger partial charge in [-0.3, -0.25) is 9.69 Å². The molecule has 1 saturated heterocycles. The molecule has 44 heavy (non-hydrogen) atoms. The SMILES string of the molecule is CCN(CCCNC(=O)c1cnc(OC2CCN(CC(c3ccccc3)c3ccccc3)CC2)c(Cl)c1)Cc1ccccc1. The predicted molar refractivity (Wildman–Crippen MR) is 178 cm³/mol. The predicted octanol–water partition coefficient (Wildman–Crippen LogP) is 7.05. The van der Waals surface area contributed by atoms with Crippen LogP contribution in [-0.4, -0.2) is 66.1 Å². The fraction of sp³-hybridized carbons (Fsp3) is 0.351. The summed E-state index contributed by atoms with van der Waals surface area (Å²) in [5.41, 5.74) is 4.42. The molecule has 1 N–H and O–H groups in total. The molecule has 0 radical (unpaired) electrons. The number of halogens is 1. The number of carbonyl (C=O) groups is 1. The first-order valence-corrected chi connectivity index (χ1v) is 16.2. The van der Waals surface area contributed by atoms with Gasteiger partial charge >= 0.3 is 0 Å². The number of hydrogen-bond acceptors (Lipinski definition) is 5. The van der Waals surface area contributed by atoms with Gasteiger partial charge in [0.1, 0.15) is 11.1 Å². The van der Waals surface area contributed by atoms with Crippen LogP contribution >= 0.6 is 11.6 Å². The Balaban J connectivity index is 1.07. The third kappa shape index (κ3) is 9.15. The quantitative estimate of drug-likeness (QED) is 0.155. The van der Waals surface area contributed by atoms with E-state index in [9.17, 15) is 4.79 Å². The summed E-state index contributed by atoms with van der Waals surface area (Å²) in [5, 5.41) is 3.37. The molecule has 4 aromatic rings. The van der Waals surface area contributed by atoms with Crippen LogP contribution in [0.3, 0.4) is 0 Å². The molecule has 0 saturated carbocycles. The zero-order chi connectivity index (χ0) is 30.6. The molecule has 1 aromatic heterocycles. The Morgan fingerprint density at radius 2 is 1.59 bits per heavy atom. The molecule has 1 aliphatic rings. The molecule has 0 unspecified atom stereocenters. The first-order valence-electron chi connectivity index (χ1n) is 15.8. The van der Waals surface area contributed by atoms with Crippen molar-refractivity contribution in [2.24, 2.45) is 0 Å². The standard InChI is InChI=1S/C37H43ClN4O2/c1-2-41(27-29-13-6-3-7-14-29)22-12-21-39-36(43)32-25-35(38)37(40-26-32)44-33-19-23-42(24-20-33)28-34(30-15-8-4-9-16-30)31-17-10-5-11-18-31/h3-11,13-18,25-26,33-34H,2,12,19-24,27-28H2,1H3,(H,39,43). The zero-order valence-corrected chi connectivity index (χ0v) is 26.3. The molecule has 0 aliphatic carbocycles. The normalized spacial score (nSPS) is 14.2. The van der Waals surface area contributed by atoms with Crippen molar-refractivity contribution in [2.45, 2.75) is 44.8 Å².